The Morgan fingerprint density at radius 3 is 3.09 bits per heavy atom. The molecule has 2 nitrogen and oxygen atoms in total. The second-order valence-corrected chi connectivity index (χ2v) is 3.73. The van der Waals surface area contributed by atoms with Gasteiger partial charge >= 0.3 is 0 Å². The SMILES string of the molecule is NC1COc2cccc(I)c21. The van der Waals surface area contributed by atoms with Crippen molar-refractivity contribution in [2.24, 2.45) is 5.73 Å². The van der Waals surface area contributed by atoms with Gasteiger partial charge in [-0.2, -0.15) is 0 Å². The molecule has 3 heteroatoms. The molecule has 1 unspecified atom stereocenters. The molecule has 58 valence electrons. The Balaban J connectivity index is 2.58. The molecular formula is C8H8INO. The quantitative estimate of drug-likeness (QED) is 0.721. The van der Waals surface area contributed by atoms with Crippen LogP contribution in [-0.2, 0) is 0 Å². The maximum atomic E-state index is 5.82. The summed E-state index contributed by atoms with van der Waals surface area (Å²) in [6.07, 6.45) is 0. The molecule has 1 aliphatic heterocycles. The molecular weight excluding hydrogens is 253 g/mol. The third-order valence-corrected chi connectivity index (χ3v) is 2.74. The highest BCUT2D eigenvalue weighted by Gasteiger charge is 2.22. The number of ether oxygens (including phenoxy) is 1. The van der Waals surface area contributed by atoms with E-state index in [4.69, 9.17) is 10.5 Å². The minimum Gasteiger partial charge on any atom is -0.491 e. The Bertz CT molecular complexity index is 287. The van der Waals surface area contributed by atoms with Crippen molar-refractivity contribution in [1.82, 2.24) is 0 Å². The molecule has 2 N–H and O–H groups in total. The van der Waals surface area contributed by atoms with Crippen LogP contribution in [0.1, 0.15) is 11.6 Å². The summed E-state index contributed by atoms with van der Waals surface area (Å²) >= 11 is 2.28. The number of halogens is 1. The minimum absolute atomic E-state index is 0.0677. The lowest BCUT2D eigenvalue weighted by Gasteiger charge is -2.02. The van der Waals surface area contributed by atoms with Crippen LogP contribution in [0.15, 0.2) is 18.2 Å². The molecule has 0 aromatic heterocycles. The molecule has 0 bridgehead atoms. The number of rotatable bonds is 0. The molecule has 1 atom stereocenters. The Morgan fingerprint density at radius 2 is 2.36 bits per heavy atom. The van der Waals surface area contributed by atoms with Gasteiger partial charge in [-0.25, -0.2) is 0 Å². The summed E-state index contributed by atoms with van der Waals surface area (Å²) in [5.74, 6) is 0.949. The second-order valence-electron chi connectivity index (χ2n) is 2.57. The number of benzene rings is 1. The molecule has 1 aromatic carbocycles. The van der Waals surface area contributed by atoms with Crippen LogP contribution in [0.4, 0.5) is 0 Å². The highest BCUT2D eigenvalue weighted by atomic mass is 127. The van der Waals surface area contributed by atoms with Crippen molar-refractivity contribution in [2.45, 2.75) is 6.04 Å². The summed E-state index contributed by atoms with van der Waals surface area (Å²) in [5, 5.41) is 0. The van der Waals surface area contributed by atoms with Crippen molar-refractivity contribution >= 4 is 22.6 Å². The van der Waals surface area contributed by atoms with E-state index in [9.17, 15) is 0 Å². The zero-order valence-corrected chi connectivity index (χ0v) is 8.04. The van der Waals surface area contributed by atoms with Crippen LogP contribution in [0.3, 0.4) is 0 Å². The lowest BCUT2D eigenvalue weighted by molar-refractivity contribution is 0.333. The molecule has 1 heterocycles. The molecule has 1 aromatic rings. The number of hydrogen-bond donors (Lipinski definition) is 1. The lowest BCUT2D eigenvalue weighted by atomic mass is 10.1. The molecule has 0 saturated heterocycles. The van der Waals surface area contributed by atoms with Gasteiger partial charge in [0.05, 0.1) is 6.04 Å². The van der Waals surface area contributed by atoms with E-state index in [0.717, 1.165) is 11.3 Å². The van der Waals surface area contributed by atoms with Crippen LogP contribution >= 0.6 is 22.6 Å². The highest BCUT2D eigenvalue weighted by molar-refractivity contribution is 14.1. The van der Waals surface area contributed by atoms with Crippen LogP contribution in [0.2, 0.25) is 0 Å². The predicted octanol–water partition coefficient (Wildman–Crippen LogP) is 1.68. The number of hydrogen-bond acceptors (Lipinski definition) is 2. The number of fused-ring (bicyclic) bond motifs is 1. The largest absolute Gasteiger partial charge is 0.491 e. The zero-order valence-electron chi connectivity index (χ0n) is 5.88. The van der Waals surface area contributed by atoms with Crippen molar-refractivity contribution in [2.75, 3.05) is 6.61 Å². The first-order chi connectivity index (χ1) is 5.29. The molecule has 0 aliphatic carbocycles. The molecule has 0 spiro atoms. The third kappa shape index (κ3) is 1.12. The van der Waals surface area contributed by atoms with Crippen LogP contribution in [-0.4, -0.2) is 6.61 Å². The van der Waals surface area contributed by atoms with E-state index < -0.39 is 0 Å². The summed E-state index contributed by atoms with van der Waals surface area (Å²) in [6, 6.07) is 6.06. The van der Waals surface area contributed by atoms with Gasteiger partial charge < -0.3 is 10.5 Å². The molecule has 0 saturated carbocycles. The lowest BCUT2D eigenvalue weighted by Crippen LogP contribution is -2.11. The zero-order chi connectivity index (χ0) is 7.84. The van der Waals surface area contributed by atoms with Gasteiger partial charge in [-0.05, 0) is 34.7 Å². The van der Waals surface area contributed by atoms with Crippen LogP contribution in [0, 0.1) is 3.57 Å². The van der Waals surface area contributed by atoms with Gasteiger partial charge in [0.2, 0.25) is 0 Å². The van der Waals surface area contributed by atoms with Crippen molar-refractivity contribution in [3.63, 3.8) is 0 Å². The maximum Gasteiger partial charge on any atom is 0.125 e. The highest BCUT2D eigenvalue weighted by Crippen LogP contribution is 2.33. The summed E-state index contributed by atoms with van der Waals surface area (Å²) < 4.78 is 6.56. The molecule has 0 amide bonds. The average Bonchev–Trinajstić information content (AvgIpc) is 2.34. The summed E-state index contributed by atoms with van der Waals surface area (Å²) in [6.45, 7) is 0.620. The number of nitrogens with two attached hydrogens (primary N) is 1. The van der Waals surface area contributed by atoms with Crippen molar-refractivity contribution in [3.8, 4) is 5.75 Å². The Kier molecular flexibility index (Phi) is 1.77. The second kappa shape index (κ2) is 2.64. The van der Waals surface area contributed by atoms with Gasteiger partial charge in [-0.3, -0.25) is 0 Å². The van der Waals surface area contributed by atoms with Crippen molar-refractivity contribution in [1.29, 1.82) is 0 Å². The van der Waals surface area contributed by atoms with E-state index in [-0.39, 0.29) is 6.04 Å². The predicted molar refractivity (Wildman–Crippen MR) is 51.6 cm³/mol. The summed E-state index contributed by atoms with van der Waals surface area (Å²) in [7, 11) is 0. The fourth-order valence-electron chi connectivity index (χ4n) is 1.27. The fourth-order valence-corrected chi connectivity index (χ4v) is 2.14. The van der Waals surface area contributed by atoms with Gasteiger partial charge in [-0.15, -0.1) is 0 Å². The normalized spacial score (nSPS) is 21.1. The maximum absolute atomic E-state index is 5.82. The standard InChI is InChI=1S/C8H8INO/c9-5-2-1-3-7-8(5)6(10)4-11-7/h1-3,6H,4,10H2. The first kappa shape index (κ1) is 7.36. The van der Waals surface area contributed by atoms with E-state index in [2.05, 4.69) is 22.6 Å². The van der Waals surface area contributed by atoms with E-state index >= 15 is 0 Å². The first-order valence-corrected chi connectivity index (χ1v) is 4.53. The van der Waals surface area contributed by atoms with Gasteiger partial charge in [0.1, 0.15) is 12.4 Å². The molecule has 0 fully saturated rings. The Labute approximate surface area is 78.9 Å². The fraction of sp³-hybridized carbons (Fsp3) is 0.250. The smallest absolute Gasteiger partial charge is 0.125 e. The molecule has 11 heavy (non-hydrogen) atoms. The third-order valence-electron chi connectivity index (χ3n) is 1.80. The van der Waals surface area contributed by atoms with Gasteiger partial charge in [0.25, 0.3) is 0 Å². The van der Waals surface area contributed by atoms with Crippen molar-refractivity contribution < 1.29 is 4.74 Å². The summed E-state index contributed by atoms with van der Waals surface area (Å²) in [5.41, 5.74) is 6.98. The van der Waals surface area contributed by atoms with E-state index in [1.807, 2.05) is 18.2 Å². The minimum atomic E-state index is 0.0677. The van der Waals surface area contributed by atoms with Crippen molar-refractivity contribution in [3.05, 3.63) is 27.3 Å². The topological polar surface area (TPSA) is 35.2 Å². The van der Waals surface area contributed by atoms with Crippen LogP contribution in [0.5, 0.6) is 5.75 Å². The van der Waals surface area contributed by atoms with E-state index in [1.165, 1.54) is 3.57 Å². The van der Waals surface area contributed by atoms with Gasteiger partial charge in [-0.1, -0.05) is 6.07 Å². The van der Waals surface area contributed by atoms with Crippen LogP contribution < -0.4 is 10.5 Å². The molecule has 0 radical (unpaired) electrons. The van der Waals surface area contributed by atoms with E-state index in [1.54, 1.807) is 0 Å². The monoisotopic (exact) mass is 261 g/mol. The molecule has 1 aliphatic rings. The van der Waals surface area contributed by atoms with Gasteiger partial charge in [0, 0.05) is 9.13 Å². The molecule has 2 rings (SSSR count). The van der Waals surface area contributed by atoms with Gasteiger partial charge in [0.15, 0.2) is 0 Å². The first-order valence-electron chi connectivity index (χ1n) is 3.46. The summed E-state index contributed by atoms with van der Waals surface area (Å²) in [4.78, 5) is 0. The average molecular weight is 261 g/mol. The van der Waals surface area contributed by atoms with Crippen LogP contribution in [0.25, 0.3) is 0 Å². The Hall–Kier alpha value is -0.290. The van der Waals surface area contributed by atoms with E-state index in [0.29, 0.717) is 6.61 Å². The Morgan fingerprint density at radius 1 is 1.55 bits per heavy atom.